The van der Waals surface area contributed by atoms with Crippen LogP contribution in [0.2, 0.25) is 5.02 Å². The lowest BCUT2D eigenvalue weighted by atomic mass is 9.92. The van der Waals surface area contributed by atoms with E-state index in [0.29, 0.717) is 16.3 Å². The number of carbonyl (C=O) groups is 2. The van der Waals surface area contributed by atoms with Gasteiger partial charge in [-0.1, -0.05) is 36.6 Å². The van der Waals surface area contributed by atoms with Crippen LogP contribution in [0.5, 0.6) is 5.75 Å². The fraction of sp³-hybridized carbons (Fsp3) is 0.583. The number of hydrogen-bond acceptors (Lipinski definition) is 3. The minimum atomic E-state index is -0.0697. The molecule has 6 heteroatoms. The zero-order valence-electron chi connectivity index (χ0n) is 17.4. The molecule has 2 aliphatic carbocycles. The standard InChI is InChI=1S/C24H31ClN2O3/c25-21-16-18(23(28)26-19-8-4-5-9-19)10-11-22(21)30-20-12-14-27(15-13-20)24(29)17-6-2-1-3-7-17/h1-2,10-11,16-17,19-20H,3-9,12-15H2,(H,26,28)/t17-/m1/s1. The van der Waals surface area contributed by atoms with Crippen LogP contribution in [0.4, 0.5) is 0 Å². The van der Waals surface area contributed by atoms with Crippen LogP contribution in [-0.4, -0.2) is 41.9 Å². The maximum Gasteiger partial charge on any atom is 0.251 e. The zero-order chi connectivity index (χ0) is 20.9. The Balaban J connectivity index is 1.28. The lowest BCUT2D eigenvalue weighted by Crippen LogP contribution is -2.44. The molecule has 0 radical (unpaired) electrons. The molecule has 0 spiro atoms. The maximum absolute atomic E-state index is 12.7. The first-order chi connectivity index (χ1) is 14.6. The quantitative estimate of drug-likeness (QED) is 0.686. The topological polar surface area (TPSA) is 58.6 Å². The molecule has 162 valence electrons. The minimum Gasteiger partial charge on any atom is -0.489 e. The minimum absolute atomic E-state index is 0.0379. The van der Waals surface area contributed by atoms with Crippen molar-refractivity contribution in [1.82, 2.24) is 10.2 Å². The number of nitrogens with one attached hydrogen (secondary N) is 1. The molecule has 1 aromatic rings. The maximum atomic E-state index is 12.7. The van der Waals surface area contributed by atoms with Crippen molar-refractivity contribution in [3.05, 3.63) is 40.9 Å². The molecular formula is C24H31ClN2O3. The highest BCUT2D eigenvalue weighted by Gasteiger charge is 2.29. The number of carbonyl (C=O) groups excluding carboxylic acids is 2. The van der Waals surface area contributed by atoms with Gasteiger partial charge in [-0.05, 0) is 50.3 Å². The lowest BCUT2D eigenvalue weighted by molar-refractivity contribution is -0.137. The summed E-state index contributed by atoms with van der Waals surface area (Å²) in [5.41, 5.74) is 0.571. The third kappa shape index (κ3) is 5.18. The molecule has 1 aliphatic heterocycles. The van der Waals surface area contributed by atoms with Crippen molar-refractivity contribution in [2.75, 3.05) is 13.1 Å². The first kappa shape index (κ1) is 21.2. The highest BCUT2D eigenvalue weighted by Crippen LogP contribution is 2.30. The fourth-order valence-corrected chi connectivity index (χ4v) is 4.95. The van der Waals surface area contributed by atoms with Crippen molar-refractivity contribution in [2.24, 2.45) is 5.92 Å². The molecule has 1 heterocycles. The summed E-state index contributed by atoms with van der Waals surface area (Å²) < 4.78 is 6.12. The Kier molecular flexibility index (Phi) is 6.98. The first-order valence-corrected chi connectivity index (χ1v) is 11.7. The van der Waals surface area contributed by atoms with Gasteiger partial charge in [0.1, 0.15) is 11.9 Å². The van der Waals surface area contributed by atoms with Gasteiger partial charge >= 0.3 is 0 Å². The normalized spacial score (nSPS) is 22.8. The van der Waals surface area contributed by atoms with E-state index in [1.54, 1.807) is 18.2 Å². The Morgan fingerprint density at radius 2 is 1.80 bits per heavy atom. The van der Waals surface area contributed by atoms with Crippen LogP contribution in [0.25, 0.3) is 0 Å². The van der Waals surface area contributed by atoms with Crippen molar-refractivity contribution >= 4 is 23.4 Å². The van der Waals surface area contributed by atoms with Crippen molar-refractivity contribution in [3.63, 3.8) is 0 Å². The molecule has 1 aromatic carbocycles. The van der Waals surface area contributed by atoms with E-state index < -0.39 is 0 Å². The molecule has 1 N–H and O–H groups in total. The molecule has 1 atom stereocenters. The van der Waals surface area contributed by atoms with Gasteiger partial charge in [0.25, 0.3) is 5.91 Å². The van der Waals surface area contributed by atoms with Gasteiger partial charge in [-0.2, -0.15) is 0 Å². The van der Waals surface area contributed by atoms with Gasteiger partial charge in [-0.25, -0.2) is 0 Å². The van der Waals surface area contributed by atoms with Crippen molar-refractivity contribution < 1.29 is 14.3 Å². The Hall–Kier alpha value is -2.01. The van der Waals surface area contributed by atoms with E-state index in [2.05, 4.69) is 17.5 Å². The molecule has 1 saturated carbocycles. The molecule has 4 rings (SSSR count). The molecule has 1 saturated heterocycles. The Morgan fingerprint density at radius 3 is 2.47 bits per heavy atom. The summed E-state index contributed by atoms with van der Waals surface area (Å²) >= 11 is 6.41. The second-order valence-electron chi connectivity index (χ2n) is 8.72. The molecule has 2 amide bonds. The van der Waals surface area contributed by atoms with E-state index in [1.807, 2.05) is 4.90 Å². The number of nitrogens with zero attached hydrogens (tertiary/aromatic N) is 1. The highest BCUT2D eigenvalue weighted by molar-refractivity contribution is 6.32. The highest BCUT2D eigenvalue weighted by atomic mass is 35.5. The van der Waals surface area contributed by atoms with E-state index in [1.165, 1.54) is 12.8 Å². The van der Waals surface area contributed by atoms with Gasteiger partial charge in [0.15, 0.2) is 0 Å². The molecular weight excluding hydrogens is 400 g/mol. The second kappa shape index (κ2) is 9.86. The summed E-state index contributed by atoms with van der Waals surface area (Å²) in [7, 11) is 0. The lowest BCUT2D eigenvalue weighted by Gasteiger charge is -2.34. The number of hydrogen-bond donors (Lipinski definition) is 1. The van der Waals surface area contributed by atoms with Crippen LogP contribution in [0, 0.1) is 5.92 Å². The van der Waals surface area contributed by atoms with Crippen LogP contribution >= 0.6 is 11.6 Å². The number of benzene rings is 1. The summed E-state index contributed by atoms with van der Waals surface area (Å²) in [5.74, 6) is 0.967. The third-order valence-corrected chi connectivity index (χ3v) is 6.85. The summed E-state index contributed by atoms with van der Waals surface area (Å²) in [6.07, 6.45) is 13.2. The first-order valence-electron chi connectivity index (χ1n) is 11.3. The number of allylic oxidation sites excluding steroid dienone is 2. The molecule has 0 bridgehead atoms. The summed E-state index contributed by atoms with van der Waals surface area (Å²) in [6, 6.07) is 5.54. The number of piperidine rings is 1. The number of likely N-dealkylation sites (tertiary alicyclic amines) is 1. The van der Waals surface area contributed by atoms with Gasteiger partial charge < -0.3 is 15.0 Å². The van der Waals surface area contributed by atoms with Crippen molar-refractivity contribution in [1.29, 1.82) is 0 Å². The van der Waals surface area contributed by atoms with Crippen LogP contribution < -0.4 is 10.1 Å². The average Bonchev–Trinajstić information content (AvgIpc) is 3.29. The van der Waals surface area contributed by atoms with E-state index in [9.17, 15) is 9.59 Å². The summed E-state index contributed by atoms with van der Waals surface area (Å²) in [4.78, 5) is 27.1. The third-order valence-electron chi connectivity index (χ3n) is 6.55. The monoisotopic (exact) mass is 430 g/mol. The fourth-order valence-electron chi connectivity index (χ4n) is 4.73. The molecule has 3 aliphatic rings. The molecule has 0 aromatic heterocycles. The van der Waals surface area contributed by atoms with E-state index in [-0.39, 0.29) is 29.9 Å². The largest absolute Gasteiger partial charge is 0.489 e. The van der Waals surface area contributed by atoms with E-state index in [0.717, 1.165) is 58.0 Å². The van der Waals surface area contributed by atoms with Crippen LogP contribution in [0.15, 0.2) is 30.4 Å². The number of ether oxygens (including phenoxy) is 1. The van der Waals surface area contributed by atoms with Gasteiger partial charge in [0.05, 0.1) is 5.02 Å². The predicted octanol–water partition coefficient (Wildman–Crippen LogP) is 4.74. The second-order valence-corrected chi connectivity index (χ2v) is 9.13. The van der Waals surface area contributed by atoms with Crippen LogP contribution in [0.1, 0.15) is 68.1 Å². The molecule has 5 nitrogen and oxygen atoms in total. The van der Waals surface area contributed by atoms with E-state index in [4.69, 9.17) is 16.3 Å². The Bertz CT molecular complexity index is 796. The smallest absolute Gasteiger partial charge is 0.251 e. The van der Waals surface area contributed by atoms with Crippen molar-refractivity contribution in [2.45, 2.75) is 69.9 Å². The average molecular weight is 431 g/mol. The number of halogens is 1. The molecule has 0 unspecified atom stereocenters. The number of amides is 2. The van der Waals surface area contributed by atoms with Crippen LogP contribution in [0.3, 0.4) is 0 Å². The van der Waals surface area contributed by atoms with Gasteiger partial charge in [-0.3, -0.25) is 9.59 Å². The van der Waals surface area contributed by atoms with Crippen LogP contribution in [-0.2, 0) is 4.79 Å². The van der Waals surface area contributed by atoms with Crippen molar-refractivity contribution in [3.8, 4) is 5.75 Å². The number of rotatable bonds is 5. The Morgan fingerprint density at radius 1 is 1.03 bits per heavy atom. The molecule has 2 fully saturated rings. The Labute approximate surface area is 183 Å². The SMILES string of the molecule is O=C(NC1CCCC1)c1ccc(OC2CCN(C(=O)[C@@H]3CC=CCC3)CC2)c(Cl)c1. The molecule has 30 heavy (non-hydrogen) atoms. The van der Waals surface area contributed by atoms with Gasteiger partial charge in [0, 0.05) is 43.5 Å². The summed E-state index contributed by atoms with van der Waals surface area (Å²) in [6.45, 7) is 1.45. The van der Waals surface area contributed by atoms with E-state index >= 15 is 0 Å². The zero-order valence-corrected chi connectivity index (χ0v) is 18.2. The predicted molar refractivity (Wildman–Crippen MR) is 118 cm³/mol. The van der Waals surface area contributed by atoms with Gasteiger partial charge in [0.2, 0.25) is 5.91 Å². The summed E-state index contributed by atoms with van der Waals surface area (Å²) in [5, 5.41) is 3.55. The van der Waals surface area contributed by atoms with Gasteiger partial charge in [-0.15, -0.1) is 0 Å².